The summed E-state index contributed by atoms with van der Waals surface area (Å²) in [7, 11) is -0.840. The zero-order valence-corrected chi connectivity index (χ0v) is 12.5. The molecule has 1 aliphatic rings. The highest BCUT2D eigenvalue weighted by atomic mass is 19.2. The minimum absolute atomic E-state index is 0.0876. The van der Waals surface area contributed by atoms with Gasteiger partial charge in [-0.2, -0.15) is 4.39 Å². The van der Waals surface area contributed by atoms with Gasteiger partial charge in [-0.3, -0.25) is 0 Å². The first kappa shape index (κ1) is 16.2. The third-order valence-electron chi connectivity index (χ3n) is 3.56. The maximum atomic E-state index is 14.1. The van der Waals surface area contributed by atoms with E-state index < -0.39 is 18.8 Å². The van der Waals surface area contributed by atoms with Gasteiger partial charge in [0.1, 0.15) is 0 Å². The second-order valence-electron chi connectivity index (χ2n) is 5.22. The van der Waals surface area contributed by atoms with Crippen LogP contribution in [-0.2, 0) is 9.31 Å². The van der Waals surface area contributed by atoms with Crippen LogP contribution in [0.5, 0.6) is 5.75 Å². The van der Waals surface area contributed by atoms with E-state index in [-0.39, 0.29) is 17.8 Å². The van der Waals surface area contributed by atoms with Crippen LogP contribution in [0.15, 0.2) is 12.1 Å². The first-order chi connectivity index (χ1) is 10.2. The Hall–Kier alpha value is -1.14. The van der Waals surface area contributed by atoms with Crippen molar-refractivity contribution in [2.45, 2.75) is 33.1 Å². The normalized spacial score (nSPS) is 16.3. The molecule has 1 heterocycles. The van der Waals surface area contributed by atoms with Crippen LogP contribution in [0.25, 0.3) is 0 Å². The van der Waals surface area contributed by atoms with Crippen LogP contribution >= 0.6 is 0 Å². The number of rotatable bonds is 6. The van der Waals surface area contributed by atoms with Crippen molar-refractivity contribution in [2.24, 2.45) is 5.92 Å². The van der Waals surface area contributed by atoms with Gasteiger partial charge in [-0.25, -0.2) is 4.39 Å². The summed E-state index contributed by atoms with van der Waals surface area (Å²) < 4.78 is 44.0. The van der Waals surface area contributed by atoms with Gasteiger partial charge in [-0.1, -0.05) is 25.8 Å². The molecular weight excluding hydrogens is 277 g/mol. The molecule has 0 aliphatic carbocycles. The number of halogens is 2. The van der Waals surface area contributed by atoms with Gasteiger partial charge in [-0.15, -0.1) is 0 Å². The van der Waals surface area contributed by atoms with E-state index in [1.807, 2.05) is 0 Å². The van der Waals surface area contributed by atoms with Crippen LogP contribution in [0.4, 0.5) is 8.78 Å². The zero-order valence-electron chi connectivity index (χ0n) is 12.5. The first-order valence-electron chi connectivity index (χ1n) is 7.51. The Balaban J connectivity index is 2.02. The van der Waals surface area contributed by atoms with E-state index in [0.29, 0.717) is 19.1 Å². The summed E-state index contributed by atoms with van der Waals surface area (Å²) in [6.45, 7) is 5.16. The monoisotopic (exact) mass is 298 g/mol. The van der Waals surface area contributed by atoms with Crippen molar-refractivity contribution in [3.63, 3.8) is 0 Å². The lowest BCUT2D eigenvalue weighted by atomic mass is 9.76. The molecule has 0 radical (unpaired) electrons. The van der Waals surface area contributed by atoms with Crippen molar-refractivity contribution < 1.29 is 22.8 Å². The molecule has 2 rings (SSSR count). The number of hydrogen-bond acceptors (Lipinski definition) is 3. The second kappa shape index (κ2) is 7.75. The third kappa shape index (κ3) is 3.95. The summed E-state index contributed by atoms with van der Waals surface area (Å²) in [5, 5.41) is 0. The molecule has 0 bridgehead atoms. The fourth-order valence-electron chi connectivity index (χ4n) is 2.38. The van der Waals surface area contributed by atoms with Gasteiger partial charge in [-0.05, 0) is 19.4 Å². The SMILES string of the molecule is CCCCC1COB(c2ccc(OCC)c(F)c2F)OC1. The number of benzene rings is 1. The molecule has 1 saturated heterocycles. The molecule has 0 N–H and O–H groups in total. The molecule has 0 atom stereocenters. The molecule has 0 aromatic heterocycles. The third-order valence-corrected chi connectivity index (χ3v) is 3.56. The molecule has 1 aromatic carbocycles. The van der Waals surface area contributed by atoms with Gasteiger partial charge in [0.05, 0.1) is 6.61 Å². The van der Waals surface area contributed by atoms with E-state index in [1.54, 1.807) is 6.92 Å². The molecule has 0 unspecified atom stereocenters. The van der Waals surface area contributed by atoms with Crippen molar-refractivity contribution in [2.75, 3.05) is 19.8 Å². The van der Waals surface area contributed by atoms with E-state index in [4.69, 9.17) is 14.0 Å². The van der Waals surface area contributed by atoms with E-state index in [0.717, 1.165) is 19.3 Å². The first-order valence-corrected chi connectivity index (χ1v) is 7.51. The van der Waals surface area contributed by atoms with Crippen molar-refractivity contribution >= 4 is 12.6 Å². The molecule has 1 aliphatic heterocycles. The molecule has 0 saturated carbocycles. The van der Waals surface area contributed by atoms with Gasteiger partial charge >= 0.3 is 7.12 Å². The summed E-state index contributed by atoms with van der Waals surface area (Å²) in [4.78, 5) is 0. The zero-order chi connectivity index (χ0) is 15.2. The fraction of sp³-hybridized carbons (Fsp3) is 0.600. The smallest absolute Gasteiger partial charge is 0.491 e. The summed E-state index contributed by atoms with van der Waals surface area (Å²) in [5.41, 5.74) is 0.0879. The summed E-state index contributed by atoms with van der Waals surface area (Å²) in [5.74, 6) is -1.71. The molecule has 3 nitrogen and oxygen atoms in total. The van der Waals surface area contributed by atoms with Crippen LogP contribution in [0.1, 0.15) is 33.1 Å². The Morgan fingerprint density at radius 3 is 2.52 bits per heavy atom. The van der Waals surface area contributed by atoms with Gasteiger partial charge in [0.15, 0.2) is 17.4 Å². The summed E-state index contributed by atoms with van der Waals surface area (Å²) in [6.07, 6.45) is 3.27. The van der Waals surface area contributed by atoms with Crippen LogP contribution in [-0.4, -0.2) is 26.9 Å². The highest BCUT2D eigenvalue weighted by Gasteiger charge is 2.33. The minimum Gasteiger partial charge on any atom is -0.491 e. The van der Waals surface area contributed by atoms with E-state index >= 15 is 0 Å². The number of hydrogen-bond donors (Lipinski definition) is 0. The van der Waals surface area contributed by atoms with E-state index in [2.05, 4.69) is 6.92 Å². The highest BCUT2D eigenvalue weighted by molar-refractivity contribution is 6.61. The van der Waals surface area contributed by atoms with Gasteiger partial charge in [0.25, 0.3) is 0 Å². The minimum atomic E-state index is -0.991. The maximum Gasteiger partial charge on any atom is 0.497 e. The molecule has 1 aromatic rings. The van der Waals surface area contributed by atoms with Crippen molar-refractivity contribution in [3.05, 3.63) is 23.8 Å². The predicted octanol–water partition coefficient (Wildman–Crippen LogP) is 2.91. The lowest BCUT2D eigenvalue weighted by molar-refractivity contribution is 0.0809. The van der Waals surface area contributed by atoms with E-state index in [9.17, 15) is 8.78 Å². The fourth-order valence-corrected chi connectivity index (χ4v) is 2.38. The van der Waals surface area contributed by atoms with Crippen molar-refractivity contribution in [1.29, 1.82) is 0 Å². The van der Waals surface area contributed by atoms with Crippen LogP contribution in [0.2, 0.25) is 0 Å². The molecule has 0 amide bonds. The Morgan fingerprint density at radius 1 is 1.19 bits per heavy atom. The Morgan fingerprint density at radius 2 is 1.90 bits per heavy atom. The van der Waals surface area contributed by atoms with E-state index in [1.165, 1.54) is 12.1 Å². The molecule has 6 heteroatoms. The summed E-state index contributed by atoms with van der Waals surface area (Å²) >= 11 is 0. The van der Waals surface area contributed by atoms with Gasteiger partial charge in [0, 0.05) is 24.6 Å². The van der Waals surface area contributed by atoms with Crippen LogP contribution in [0, 0.1) is 17.6 Å². The Kier molecular flexibility index (Phi) is 6.00. The molecule has 0 spiro atoms. The predicted molar refractivity (Wildman–Crippen MR) is 77.8 cm³/mol. The summed E-state index contributed by atoms with van der Waals surface area (Å²) in [6, 6.07) is 2.87. The second-order valence-corrected chi connectivity index (χ2v) is 5.22. The topological polar surface area (TPSA) is 27.7 Å². The van der Waals surface area contributed by atoms with Crippen LogP contribution < -0.4 is 10.2 Å². The molecular formula is C15H21BF2O3. The molecule has 1 fully saturated rings. The van der Waals surface area contributed by atoms with Gasteiger partial charge < -0.3 is 14.0 Å². The maximum absolute atomic E-state index is 14.1. The lowest BCUT2D eigenvalue weighted by Gasteiger charge is -2.27. The average Bonchev–Trinajstić information content (AvgIpc) is 2.51. The molecule has 21 heavy (non-hydrogen) atoms. The average molecular weight is 298 g/mol. The standard InChI is InChI=1S/C15H21BF2O3/c1-3-5-6-11-9-20-16(21-10-11)12-7-8-13(19-4-2)15(18)14(12)17/h7-8,11H,3-6,9-10H2,1-2H3. The van der Waals surface area contributed by atoms with Crippen molar-refractivity contribution in [1.82, 2.24) is 0 Å². The highest BCUT2D eigenvalue weighted by Crippen LogP contribution is 2.21. The largest absolute Gasteiger partial charge is 0.497 e. The molecule has 116 valence electrons. The number of ether oxygens (including phenoxy) is 1. The Labute approximate surface area is 124 Å². The van der Waals surface area contributed by atoms with Gasteiger partial charge in [0.2, 0.25) is 0 Å². The lowest BCUT2D eigenvalue weighted by Crippen LogP contribution is -2.46. The Bertz CT molecular complexity index is 462. The quantitative estimate of drug-likeness (QED) is 0.756. The van der Waals surface area contributed by atoms with Crippen LogP contribution in [0.3, 0.4) is 0 Å². The van der Waals surface area contributed by atoms with Crippen molar-refractivity contribution in [3.8, 4) is 5.75 Å². The number of unbranched alkanes of at least 4 members (excludes halogenated alkanes) is 1.